The van der Waals surface area contributed by atoms with Crippen molar-refractivity contribution in [2.45, 2.75) is 12.8 Å². The van der Waals surface area contributed by atoms with Gasteiger partial charge in [0.15, 0.2) is 0 Å². The molecule has 17 heavy (non-hydrogen) atoms. The number of carbonyl (C=O) groups is 2. The van der Waals surface area contributed by atoms with E-state index in [1.165, 1.54) is 0 Å². The Kier molecular flexibility index (Phi) is 2.32. The normalized spacial score (nSPS) is 27.4. The Morgan fingerprint density at radius 3 is 2.47 bits per heavy atom. The van der Waals surface area contributed by atoms with Gasteiger partial charge in [-0.2, -0.15) is 0 Å². The van der Waals surface area contributed by atoms with Crippen molar-refractivity contribution in [1.82, 2.24) is 0 Å². The molecule has 1 heterocycles. The van der Waals surface area contributed by atoms with E-state index in [4.69, 9.17) is 0 Å². The molecule has 1 aromatic rings. The first-order chi connectivity index (χ1) is 8.25. The molecule has 0 bridgehead atoms. The molecule has 0 aromatic heterocycles. The average molecular weight is 228 g/mol. The van der Waals surface area contributed by atoms with E-state index in [1.807, 2.05) is 30.3 Å². The molecule has 3 rings (SSSR count). The van der Waals surface area contributed by atoms with Gasteiger partial charge in [-0.15, -0.1) is 0 Å². The van der Waals surface area contributed by atoms with Gasteiger partial charge in [-0.25, -0.2) is 0 Å². The molecule has 86 valence electrons. The quantitative estimate of drug-likeness (QED) is 0.546. The summed E-state index contributed by atoms with van der Waals surface area (Å²) >= 11 is 0. The maximum atomic E-state index is 11.5. The van der Waals surface area contributed by atoms with Crippen LogP contribution in [0.5, 0.6) is 0 Å². The van der Waals surface area contributed by atoms with Gasteiger partial charge in [0.1, 0.15) is 0 Å². The van der Waals surface area contributed by atoms with Crippen molar-refractivity contribution in [2.24, 2.45) is 11.8 Å². The standard InChI is InChI=1S/C14H12O3/c15-13-11-7-6-10(8-12(11)14(16)17-13)9-4-2-1-3-5-9/h1-6,11-12H,7-8H2/t11-,12-/m1/s1. The number of rotatable bonds is 1. The van der Waals surface area contributed by atoms with Crippen LogP contribution in [-0.2, 0) is 14.3 Å². The Labute approximate surface area is 99.1 Å². The molecule has 0 radical (unpaired) electrons. The fraction of sp³-hybridized carbons (Fsp3) is 0.286. The predicted molar refractivity (Wildman–Crippen MR) is 61.7 cm³/mol. The van der Waals surface area contributed by atoms with Crippen molar-refractivity contribution in [1.29, 1.82) is 0 Å². The molecule has 0 spiro atoms. The van der Waals surface area contributed by atoms with E-state index >= 15 is 0 Å². The first-order valence-corrected chi connectivity index (χ1v) is 5.75. The van der Waals surface area contributed by atoms with Crippen molar-refractivity contribution in [3.63, 3.8) is 0 Å². The molecule has 0 unspecified atom stereocenters. The lowest BCUT2D eigenvalue weighted by molar-refractivity contribution is -0.153. The smallest absolute Gasteiger partial charge is 0.317 e. The summed E-state index contributed by atoms with van der Waals surface area (Å²) in [5, 5.41) is 0. The Balaban J connectivity index is 1.90. The lowest BCUT2D eigenvalue weighted by Crippen LogP contribution is -2.21. The van der Waals surface area contributed by atoms with Gasteiger partial charge in [-0.3, -0.25) is 9.59 Å². The summed E-state index contributed by atoms with van der Waals surface area (Å²) in [7, 11) is 0. The maximum Gasteiger partial charge on any atom is 0.317 e. The largest absolute Gasteiger partial charge is 0.393 e. The van der Waals surface area contributed by atoms with E-state index in [1.54, 1.807) is 0 Å². The molecule has 0 N–H and O–H groups in total. The zero-order valence-electron chi connectivity index (χ0n) is 9.26. The summed E-state index contributed by atoms with van der Waals surface area (Å²) in [4.78, 5) is 22.9. The van der Waals surface area contributed by atoms with Crippen LogP contribution < -0.4 is 0 Å². The molecule has 3 nitrogen and oxygen atoms in total. The Bertz CT molecular complexity index is 501. The monoisotopic (exact) mass is 228 g/mol. The van der Waals surface area contributed by atoms with Gasteiger partial charge in [-0.1, -0.05) is 36.4 Å². The van der Waals surface area contributed by atoms with Crippen LogP contribution in [0.1, 0.15) is 18.4 Å². The summed E-state index contributed by atoms with van der Waals surface area (Å²) in [5.41, 5.74) is 2.26. The summed E-state index contributed by atoms with van der Waals surface area (Å²) in [5.74, 6) is -1.25. The highest BCUT2D eigenvalue weighted by Crippen LogP contribution is 2.39. The third-order valence-electron chi connectivity index (χ3n) is 3.49. The second-order valence-electron chi connectivity index (χ2n) is 4.49. The second kappa shape index (κ2) is 3.84. The SMILES string of the molecule is O=C1OC(=O)[C@@H]2CC(c3ccccc3)=CC[C@@H]12. The van der Waals surface area contributed by atoms with Gasteiger partial charge >= 0.3 is 11.9 Å². The Morgan fingerprint density at radius 2 is 1.71 bits per heavy atom. The van der Waals surface area contributed by atoms with Crippen LogP contribution in [-0.4, -0.2) is 11.9 Å². The molecule has 1 fully saturated rings. The molecular formula is C14H12O3. The van der Waals surface area contributed by atoms with Gasteiger partial charge in [0.25, 0.3) is 0 Å². The van der Waals surface area contributed by atoms with Crippen LogP contribution in [0.2, 0.25) is 0 Å². The topological polar surface area (TPSA) is 43.4 Å². The maximum absolute atomic E-state index is 11.5. The number of benzene rings is 1. The van der Waals surface area contributed by atoms with Crippen LogP contribution in [0.25, 0.3) is 5.57 Å². The lowest BCUT2D eigenvalue weighted by atomic mass is 9.79. The molecule has 2 aliphatic rings. The predicted octanol–water partition coefficient (Wildman–Crippen LogP) is 2.18. The van der Waals surface area contributed by atoms with Crippen molar-refractivity contribution in [3.05, 3.63) is 42.0 Å². The van der Waals surface area contributed by atoms with Gasteiger partial charge in [0.2, 0.25) is 0 Å². The summed E-state index contributed by atoms with van der Waals surface area (Å²) in [6, 6.07) is 9.95. The summed E-state index contributed by atoms with van der Waals surface area (Å²) in [6.45, 7) is 0. The van der Waals surface area contributed by atoms with Crippen LogP contribution in [0.4, 0.5) is 0 Å². The minimum Gasteiger partial charge on any atom is -0.393 e. The van der Waals surface area contributed by atoms with Gasteiger partial charge in [-0.05, 0) is 24.0 Å². The fourth-order valence-electron chi connectivity index (χ4n) is 2.54. The van der Waals surface area contributed by atoms with E-state index in [9.17, 15) is 9.59 Å². The summed E-state index contributed by atoms with van der Waals surface area (Å²) in [6.07, 6.45) is 3.27. The van der Waals surface area contributed by atoms with Crippen molar-refractivity contribution in [3.8, 4) is 0 Å². The van der Waals surface area contributed by atoms with Gasteiger partial charge in [0, 0.05) is 0 Å². The van der Waals surface area contributed by atoms with E-state index < -0.39 is 0 Å². The number of ether oxygens (including phenoxy) is 1. The van der Waals surface area contributed by atoms with Crippen molar-refractivity contribution >= 4 is 17.5 Å². The number of hydrogen-bond acceptors (Lipinski definition) is 3. The second-order valence-corrected chi connectivity index (χ2v) is 4.49. The Hall–Kier alpha value is -1.90. The molecular weight excluding hydrogens is 216 g/mol. The number of allylic oxidation sites excluding steroid dienone is 2. The third kappa shape index (κ3) is 1.68. The van der Waals surface area contributed by atoms with Crippen LogP contribution in [0.15, 0.2) is 36.4 Å². The first kappa shape index (κ1) is 10.3. The zero-order valence-corrected chi connectivity index (χ0v) is 9.26. The number of fused-ring (bicyclic) bond motifs is 1. The number of cyclic esters (lactones) is 2. The van der Waals surface area contributed by atoms with Crippen LogP contribution in [0.3, 0.4) is 0 Å². The molecule has 1 aliphatic heterocycles. The minimum atomic E-state index is -0.360. The highest BCUT2D eigenvalue weighted by atomic mass is 16.6. The van der Waals surface area contributed by atoms with E-state index in [0.29, 0.717) is 12.8 Å². The van der Waals surface area contributed by atoms with E-state index in [-0.39, 0.29) is 23.8 Å². The van der Waals surface area contributed by atoms with Gasteiger partial charge < -0.3 is 4.74 Å². The zero-order chi connectivity index (χ0) is 11.8. The number of carbonyl (C=O) groups excluding carboxylic acids is 2. The first-order valence-electron chi connectivity index (χ1n) is 5.75. The van der Waals surface area contributed by atoms with Crippen molar-refractivity contribution in [2.75, 3.05) is 0 Å². The molecule has 0 amide bonds. The van der Waals surface area contributed by atoms with Crippen molar-refractivity contribution < 1.29 is 14.3 Å². The van der Waals surface area contributed by atoms with Crippen LogP contribution in [0, 0.1) is 11.8 Å². The number of esters is 2. The molecule has 1 saturated heterocycles. The minimum absolute atomic E-state index is 0.255. The fourth-order valence-corrected chi connectivity index (χ4v) is 2.54. The molecule has 2 atom stereocenters. The molecule has 3 heteroatoms. The number of hydrogen-bond donors (Lipinski definition) is 0. The third-order valence-corrected chi connectivity index (χ3v) is 3.49. The summed E-state index contributed by atoms with van der Waals surface area (Å²) < 4.78 is 4.68. The average Bonchev–Trinajstić information content (AvgIpc) is 2.66. The Morgan fingerprint density at radius 1 is 1.00 bits per heavy atom. The lowest BCUT2D eigenvalue weighted by Gasteiger charge is -2.20. The van der Waals surface area contributed by atoms with E-state index in [0.717, 1.165) is 11.1 Å². The molecule has 1 aromatic carbocycles. The van der Waals surface area contributed by atoms with Gasteiger partial charge in [0.05, 0.1) is 11.8 Å². The highest BCUT2D eigenvalue weighted by Gasteiger charge is 2.45. The molecule has 0 saturated carbocycles. The highest BCUT2D eigenvalue weighted by molar-refractivity contribution is 5.98. The molecule has 1 aliphatic carbocycles. The van der Waals surface area contributed by atoms with Crippen LogP contribution >= 0.6 is 0 Å². The van der Waals surface area contributed by atoms with E-state index in [2.05, 4.69) is 10.8 Å².